The Morgan fingerprint density at radius 2 is 2.40 bits per heavy atom. The molecule has 10 heavy (non-hydrogen) atoms. The van der Waals surface area contributed by atoms with E-state index in [-0.39, 0.29) is 18.1 Å². The molecule has 0 saturated heterocycles. The summed E-state index contributed by atoms with van der Waals surface area (Å²) in [6, 6.07) is 0.287. The standard InChI is InChI=1S/C6H13N3O/c1-2-8-6(10)9-5-3-4(5)7/h4-5H,2-3,7H2,1H3,(H2,8,9,10). The van der Waals surface area contributed by atoms with Crippen LogP contribution in [0.3, 0.4) is 0 Å². The summed E-state index contributed by atoms with van der Waals surface area (Å²) in [4.78, 5) is 10.8. The van der Waals surface area contributed by atoms with Crippen LogP contribution in [0.5, 0.6) is 0 Å². The number of carbonyl (C=O) groups excluding carboxylic acids is 1. The molecule has 4 nitrogen and oxygen atoms in total. The quantitative estimate of drug-likeness (QED) is 0.483. The van der Waals surface area contributed by atoms with Crippen LogP contribution in [-0.4, -0.2) is 24.7 Å². The molecule has 0 aliphatic heterocycles. The van der Waals surface area contributed by atoms with E-state index in [4.69, 9.17) is 5.73 Å². The Bertz CT molecular complexity index is 137. The Labute approximate surface area is 60.2 Å². The lowest BCUT2D eigenvalue weighted by atomic mass is 10.6. The van der Waals surface area contributed by atoms with Gasteiger partial charge in [-0.3, -0.25) is 0 Å². The van der Waals surface area contributed by atoms with E-state index in [1.54, 1.807) is 0 Å². The van der Waals surface area contributed by atoms with Crippen molar-refractivity contribution in [3.63, 3.8) is 0 Å². The maximum atomic E-state index is 10.8. The maximum Gasteiger partial charge on any atom is 0.315 e. The number of nitrogens with one attached hydrogen (secondary N) is 2. The molecule has 0 bridgehead atoms. The Balaban J connectivity index is 2.07. The van der Waals surface area contributed by atoms with Gasteiger partial charge < -0.3 is 16.4 Å². The number of hydrogen-bond acceptors (Lipinski definition) is 2. The van der Waals surface area contributed by atoms with Crippen molar-refractivity contribution >= 4 is 6.03 Å². The van der Waals surface area contributed by atoms with Crippen LogP contribution in [0.4, 0.5) is 4.79 Å². The highest BCUT2D eigenvalue weighted by Gasteiger charge is 2.34. The summed E-state index contributed by atoms with van der Waals surface area (Å²) >= 11 is 0. The smallest absolute Gasteiger partial charge is 0.315 e. The minimum absolute atomic E-state index is 0.111. The Hall–Kier alpha value is -0.770. The molecule has 1 fully saturated rings. The molecule has 2 amide bonds. The summed E-state index contributed by atoms with van der Waals surface area (Å²) in [7, 11) is 0. The van der Waals surface area contributed by atoms with Crippen LogP contribution in [0.1, 0.15) is 13.3 Å². The van der Waals surface area contributed by atoms with Gasteiger partial charge in [-0.25, -0.2) is 4.79 Å². The molecule has 1 saturated carbocycles. The van der Waals surface area contributed by atoms with Gasteiger partial charge in [-0.05, 0) is 13.3 Å². The van der Waals surface area contributed by atoms with Crippen molar-refractivity contribution < 1.29 is 4.79 Å². The SMILES string of the molecule is CCNC(=O)NC1CC1N. The summed E-state index contributed by atoms with van der Waals surface area (Å²) in [5.74, 6) is 0. The molecule has 0 spiro atoms. The normalized spacial score (nSPS) is 29.4. The fraction of sp³-hybridized carbons (Fsp3) is 0.833. The second kappa shape index (κ2) is 2.88. The zero-order valence-corrected chi connectivity index (χ0v) is 6.05. The van der Waals surface area contributed by atoms with E-state index in [0.29, 0.717) is 6.54 Å². The largest absolute Gasteiger partial charge is 0.338 e. The van der Waals surface area contributed by atoms with Gasteiger partial charge in [0.15, 0.2) is 0 Å². The average molecular weight is 143 g/mol. The summed E-state index contributed by atoms with van der Waals surface area (Å²) in [5.41, 5.74) is 5.47. The van der Waals surface area contributed by atoms with E-state index >= 15 is 0 Å². The van der Waals surface area contributed by atoms with Crippen molar-refractivity contribution in [1.29, 1.82) is 0 Å². The second-order valence-corrected chi connectivity index (χ2v) is 2.51. The van der Waals surface area contributed by atoms with Crippen molar-refractivity contribution in [2.45, 2.75) is 25.4 Å². The summed E-state index contributed by atoms with van der Waals surface area (Å²) in [6.45, 7) is 2.54. The minimum atomic E-state index is -0.111. The first-order chi connectivity index (χ1) is 4.74. The maximum absolute atomic E-state index is 10.8. The highest BCUT2D eigenvalue weighted by atomic mass is 16.2. The number of rotatable bonds is 2. The first-order valence-electron chi connectivity index (χ1n) is 3.54. The Morgan fingerprint density at radius 1 is 1.80 bits per heavy atom. The van der Waals surface area contributed by atoms with Gasteiger partial charge in [-0.1, -0.05) is 0 Å². The van der Waals surface area contributed by atoms with Crippen LogP contribution in [0.15, 0.2) is 0 Å². The molecule has 4 heteroatoms. The summed E-state index contributed by atoms with van der Waals surface area (Å²) in [6.07, 6.45) is 0.914. The van der Waals surface area contributed by atoms with Gasteiger partial charge in [0.05, 0.1) is 0 Å². The average Bonchev–Trinajstić information content (AvgIpc) is 2.47. The van der Waals surface area contributed by atoms with Gasteiger partial charge in [0.1, 0.15) is 0 Å². The van der Waals surface area contributed by atoms with Gasteiger partial charge in [-0.2, -0.15) is 0 Å². The molecule has 0 radical (unpaired) electrons. The molecule has 2 unspecified atom stereocenters. The second-order valence-electron chi connectivity index (χ2n) is 2.51. The van der Waals surface area contributed by atoms with Crippen molar-refractivity contribution in [2.75, 3.05) is 6.54 Å². The summed E-state index contributed by atoms with van der Waals surface area (Å²) in [5, 5.41) is 5.36. The van der Waals surface area contributed by atoms with Gasteiger partial charge in [-0.15, -0.1) is 0 Å². The lowest BCUT2D eigenvalue weighted by Gasteiger charge is -2.02. The van der Waals surface area contributed by atoms with E-state index in [1.165, 1.54) is 0 Å². The zero-order valence-electron chi connectivity index (χ0n) is 6.05. The molecular formula is C6H13N3O. The molecule has 0 aromatic heterocycles. The number of nitrogens with two attached hydrogens (primary N) is 1. The van der Waals surface area contributed by atoms with E-state index in [0.717, 1.165) is 6.42 Å². The highest BCUT2D eigenvalue weighted by Crippen LogP contribution is 2.16. The molecule has 4 N–H and O–H groups in total. The molecule has 0 aromatic rings. The number of urea groups is 1. The van der Waals surface area contributed by atoms with Crippen LogP contribution < -0.4 is 16.4 Å². The molecule has 0 aromatic carbocycles. The van der Waals surface area contributed by atoms with Gasteiger partial charge in [0.25, 0.3) is 0 Å². The third-order valence-corrected chi connectivity index (χ3v) is 1.49. The van der Waals surface area contributed by atoms with E-state index in [9.17, 15) is 4.79 Å². The number of carbonyl (C=O) groups is 1. The van der Waals surface area contributed by atoms with Crippen molar-refractivity contribution in [1.82, 2.24) is 10.6 Å². The lowest BCUT2D eigenvalue weighted by molar-refractivity contribution is 0.241. The highest BCUT2D eigenvalue weighted by molar-refractivity contribution is 5.74. The predicted octanol–water partition coefficient (Wildman–Crippen LogP) is -0.595. The molecule has 0 heterocycles. The van der Waals surface area contributed by atoms with Crippen LogP contribution in [0.25, 0.3) is 0 Å². The molecule has 1 aliphatic rings. The topological polar surface area (TPSA) is 67.2 Å². The first kappa shape index (κ1) is 7.34. The molecule has 1 rings (SSSR count). The lowest BCUT2D eigenvalue weighted by Crippen LogP contribution is -2.38. The molecule has 2 atom stereocenters. The molecule has 58 valence electrons. The third kappa shape index (κ3) is 1.88. The fourth-order valence-corrected chi connectivity index (χ4v) is 0.761. The van der Waals surface area contributed by atoms with E-state index < -0.39 is 0 Å². The van der Waals surface area contributed by atoms with E-state index in [1.807, 2.05) is 6.92 Å². The molecule has 1 aliphatic carbocycles. The third-order valence-electron chi connectivity index (χ3n) is 1.49. The van der Waals surface area contributed by atoms with E-state index in [2.05, 4.69) is 10.6 Å². The van der Waals surface area contributed by atoms with Crippen molar-refractivity contribution in [2.24, 2.45) is 5.73 Å². The Morgan fingerprint density at radius 3 is 2.80 bits per heavy atom. The van der Waals surface area contributed by atoms with Crippen LogP contribution in [-0.2, 0) is 0 Å². The van der Waals surface area contributed by atoms with Crippen molar-refractivity contribution in [3.05, 3.63) is 0 Å². The first-order valence-corrected chi connectivity index (χ1v) is 3.54. The van der Waals surface area contributed by atoms with Crippen molar-refractivity contribution in [3.8, 4) is 0 Å². The van der Waals surface area contributed by atoms with Crippen LogP contribution >= 0.6 is 0 Å². The monoisotopic (exact) mass is 143 g/mol. The predicted molar refractivity (Wildman–Crippen MR) is 38.6 cm³/mol. The van der Waals surface area contributed by atoms with Gasteiger partial charge >= 0.3 is 6.03 Å². The minimum Gasteiger partial charge on any atom is -0.338 e. The Kier molecular flexibility index (Phi) is 2.11. The summed E-state index contributed by atoms with van der Waals surface area (Å²) < 4.78 is 0. The number of hydrogen-bond donors (Lipinski definition) is 3. The zero-order chi connectivity index (χ0) is 7.56. The fourth-order valence-electron chi connectivity index (χ4n) is 0.761. The number of amides is 2. The van der Waals surface area contributed by atoms with Crippen LogP contribution in [0.2, 0.25) is 0 Å². The molecular weight excluding hydrogens is 130 g/mol. The van der Waals surface area contributed by atoms with Crippen LogP contribution in [0, 0.1) is 0 Å². The van der Waals surface area contributed by atoms with Gasteiger partial charge in [0.2, 0.25) is 0 Å². The van der Waals surface area contributed by atoms with Gasteiger partial charge in [0, 0.05) is 18.6 Å².